The first-order valence-corrected chi connectivity index (χ1v) is 4.29. The third kappa shape index (κ3) is 1.97. The largest absolute Gasteiger partial charge is 0.364 e. The number of aromatic nitrogens is 4. The summed E-state index contributed by atoms with van der Waals surface area (Å²) in [5, 5.41) is 10.9. The van der Waals surface area contributed by atoms with Crippen molar-refractivity contribution in [2.75, 3.05) is 0 Å². The molecule has 2 aromatic heterocycles. The highest BCUT2D eigenvalue weighted by molar-refractivity contribution is 4.94. The molecule has 0 atom stereocenters. The normalized spacial score (nSPS) is 10.6. The first-order chi connectivity index (χ1) is 6.86. The van der Waals surface area contributed by atoms with Crippen LogP contribution in [0.4, 0.5) is 0 Å². The second-order valence-corrected chi connectivity index (χ2v) is 2.89. The van der Waals surface area contributed by atoms with Gasteiger partial charge in [-0.1, -0.05) is 5.16 Å². The average molecular weight is 193 g/mol. The van der Waals surface area contributed by atoms with Gasteiger partial charge in [-0.2, -0.15) is 5.10 Å². The van der Waals surface area contributed by atoms with Crippen LogP contribution in [0.25, 0.3) is 0 Å². The van der Waals surface area contributed by atoms with Crippen LogP contribution in [0.5, 0.6) is 0 Å². The van der Waals surface area contributed by atoms with E-state index < -0.39 is 0 Å². The van der Waals surface area contributed by atoms with Gasteiger partial charge in [0, 0.05) is 19.7 Å². The molecule has 6 nitrogen and oxygen atoms in total. The maximum Gasteiger partial charge on any atom is 0.140 e. The molecule has 0 spiro atoms. The predicted octanol–water partition coefficient (Wildman–Crippen LogP) is 0.0929. The first kappa shape index (κ1) is 8.89. The molecule has 0 aliphatic heterocycles. The molecule has 6 heteroatoms. The van der Waals surface area contributed by atoms with Gasteiger partial charge in [-0.3, -0.25) is 4.68 Å². The van der Waals surface area contributed by atoms with Gasteiger partial charge in [0.1, 0.15) is 18.4 Å². The molecule has 0 saturated carbocycles. The highest BCUT2D eigenvalue weighted by Gasteiger charge is 2.00. The predicted molar refractivity (Wildman–Crippen MR) is 48.0 cm³/mol. The maximum absolute atomic E-state index is 4.70. The number of hydrogen-bond acceptors (Lipinski definition) is 5. The molecule has 0 aromatic carbocycles. The second kappa shape index (κ2) is 4.01. The van der Waals surface area contributed by atoms with E-state index in [0.29, 0.717) is 13.1 Å². The Morgan fingerprint density at radius 3 is 3.07 bits per heavy atom. The lowest BCUT2D eigenvalue weighted by atomic mass is 10.4. The summed E-state index contributed by atoms with van der Waals surface area (Å²) in [5.74, 6) is 0.897. The van der Waals surface area contributed by atoms with Crippen molar-refractivity contribution >= 4 is 0 Å². The summed E-state index contributed by atoms with van der Waals surface area (Å²) in [6, 6.07) is 1.82. The summed E-state index contributed by atoms with van der Waals surface area (Å²) in [5.41, 5.74) is 0.882. The molecule has 0 aliphatic rings. The smallest absolute Gasteiger partial charge is 0.140 e. The van der Waals surface area contributed by atoms with Gasteiger partial charge in [0.05, 0.1) is 12.2 Å². The Hall–Kier alpha value is -1.69. The van der Waals surface area contributed by atoms with Crippen LogP contribution in [-0.4, -0.2) is 19.9 Å². The van der Waals surface area contributed by atoms with Gasteiger partial charge in [-0.15, -0.1) is 0 Å². The van der Waals surface area contributed by atoms with Crippen LogP contribution < -0.4 is 5.32 Å². The van der Waals surface area contributed by atoms with E-state index in [2.05, 4.69) is 20.6 Å². The Balaban J connectivity index is 1.81. The topological polar surface area (TPSA) is 68.8 Å². The molecular weight excluding hydrogens is 182 g/mol. The third-order valence-electron chi connectivity index (χ3n) is 1.89. The molecule has 0 amide bonds. The molecule has 2 heterocycles. The van der Waals surface area contributed by atoms with Crippen molar-refractivity contribution in [3.05, 3.63) is 30.2 Å². The van der Waals surface area contributed by atoms with Gasteiger partial charge in [0.25, 0.3) is 0 Å². The lowest BCUT2D eigenvalue weighted by Crippen LogP contribution is -2.16. The number of nitrogens with zero attached hydrogens (tertiary/aromatic N) is 4. The molecule has 2 aromatic rings. The van der Waals surface area contributed by atoms with E-state index in [4.69, 9.17) is 4.52 Å². The lowest BCUT2D eigenvalue weighted by Gasteiger charge is -2.00. The van der Waals surface area contributed by atoms with Crippen molar-refractivity contribution in [2.45, 2.75) is 13.1 Å². The number of rotatable bonds is 4. The molecule has 0 saturated heterocycles. The van der Waals surface area contributed by atoms with E-state index in [1.807, 2.05) is 13.1 Å². The molecular formula is C8H11N5O. The number of nitrogens with one attached hydrogen (secondary N) is 1. The minimum absolute atomic E-state index is 0.670. The Labute approximate surface area is 80.9 Å². The molecule has 0 bridgehead atoms. The fraction of sp³-hybridized carbons (Fsp3) is 0.375. The van der Waals surface area contributed by atoms with Crippen LogP contribution in [0.1, 0.15) is 11.5 Å². The van der Waals surface area contributed by atoms with Crippen molar-refractivity contribution in [1.29, 1.82) is 0 Å². The van der Waals surface area contributed by atoms with Gasteiger partial charge in [0.15, 0.2) is 0 Å². The Morgan fingerprint density at radius 2 is 2.43 bits per heavy atom. The van der Waals surface area contributed by atoms with Crippen LogP contribution in [0.2, 0.25) is 0 Å². The van der Waals surface area contributed by atoms with Gasteiger partial charge in [-0.05, 0) is 0 Å². The summed E-state index contributed by atoms with van der Waals surface area (Å²) in [4.78, 5) is 4.08. The standard InChI is InChI=1S/C8H11N5O/c1-13-8(10-6-11-13)5-9-4-7-2-3-14-12-7/h2-3,6,9H,4-5H2,1H3. The van der Waals surface area contributed by atoms with E-state index >= 15 is 0 Å². The Kier molecular flexibility index (Phi) is 2.55. The summed E-state index contributed by atoms with van der Waals surface area (Å²) in [7, 11) is 1.86. The molecule has 74 valence electrons. The van der Waals surface area contributed by atoms with E-state index in [9.17, 15) is 0 Å². The summed E-state index contributed by atoms with van der Waals surface area (Å²) in [6.45, 7) is 1.34. The van der Waals surface area contributed by atoms with Crippen LogP contribution in [0.3, 0.4) is 0 Å². The second-order valence-electron chi connectivity index (χ2n) is 2.89. The lowest BCUT2D eigenvalue weighted by molar-refractivity contribution is 0.408. The zero-order valence-corrected chi connectivity index (χ0v) is 7.84. The minimum Gasteiger partial charge on any atom is -0.364 e. The quantitative estimate of drug-likeness (QED) is 0.745. The number of aryl methyl sites for hydroxylation is 1. The van der Waals surface area contributed by atoms with Crippen molar-refractivity contribution in [2.24, 2.45) is 7.05 Å². The fourth-order valence-corrected chi connectivity index (χ4v) is 1.11. The molecule has 1 N–H and O–H groups in total. The molecule has 0 fully saturated rings. The van der Waals surface area contributed by atoms with Crippen LogP contribution in [0, 0.1) is 0 Å². The molecule has 0 aliphatic carbocycles. The minimum atomic E-state index is 0.670. The average Bonchev–Trinajstić information content (AvgIpc) is 2.78. The molecule has 0 unspecified atom stereocenters. The van der Waals surface area contributed by atoms with Crippen molar-refractivity contribution in [1.82, 2.24) is 25.2 Å². The van der Waals surface area contributed by atoms with E-state index in [-0.39, 0.29) is 0 Å². The van der Waals surface area contributed by atoms with Crippen molar-refractivity contribution in [3.8, 4) is 0 Å². The maximum atomic E-state index is 4.70. The highest BCUT2D eigenvalue weighted by Crippen LogP contribution is 1.95. The molecule has 2 rings (SSSR count). The highest BCUT2D eigenvalue weighted by atomic mass is 16.5. The molecule has 0 radical (unpaired) electrons. The van der Waals surface area contributed by atoms with Crippen molar-refractivity contribution in [3.63, 3.8) is 0 Å². The van der Waals surface area contributed by atoms with Crippen LogP contribution in [0.15, 0.2) is 23.2 Å². The van der Waals surface area contributed by atoms with Crippen LogP contribution >= 0.6 is 0 Å². The third-order valence-corrected chi connectivity index (χ3v) is 1.89. The fourth-order valence-electron chi connectivity index (χ4n) is 1.11. The SMILES string of the molecule is Cn1ncnc1CNCc1ccon1. The van der Waals surface area contributed by atoms with E-state index in [1.54, 1.807) is 10.9 Å². The van der Waals surface area contributed by atoms with E-state index in [1.165, 1.54) is 6.33 Å². The Morgan fingerprint density at radius 1 is 1.50 bits per heavy atom. The van der Waals surface area contributed by atoms with Crippen LogP contribution in [-0.2, 0) is 20.1 Å². The Bertz CT molecular complexity index is 380. The summed E-state index contributed by atoms with van der Waals surface area (Å²) >= 11 is 0. The zero-order valence-electron chi connectivity index (χ0n) is 7.84. The summed E-state index contributed by atoms with van der Waals surface area (Å²) < 4.78 is 6.43. The molecule has 14 heavy (non-hydrogen) atoms. The van der Waals surface area contributed by atoms with Gasteiger partial charge < -0.3 is 9.84 Å². The monoisotopic (exact) mass is 193 g/mol. The van der Waals surface area contributed by atoms with Gasteiger partial charge in [-0.25, -0.2) is 4.98 Å². The summed E-state index contributed by atoms with van der Waals surface area (Å²) in [6.07, 6.45) is 3.09. The van der Waals surface area contributed by atoms with Gasteiger partial charge >= 0.3 is 0 Å². The zero-order chi connectivity index (χ0) is 9.80. The van der Waals surface area contributed by atoms with Crippen molar-refractivity contribution < 1.29 is 4.52 Å². The van der Waals surface area contributed by atoms with E-state index in [0.717, 1.165) is 11.5 Å². The van der Waals surface area contributed by atoms with Gasteiger partial charge in [0.2, 0.25) is 0 Å². The number of hydrogen-bond donors (Lipinski definition) is 1. The first-order valence-electron chi connectivity index (χ1n) is 4.29.